The number of rotatable bonds is 5. The average molecular weight is 317 g/mol. The smallest absolute Gasteiger partial charge is 0.272 e. The van der Waals surface area contributed by atoms with Crippen LogP contribution in [0.5, 0.6) is 0 Å². The van der Waals surface area contributed by atoms with Gasteiger partial charge in [-0.05, 0) is 27.3 Å². The van der Waals surface area contributed by atoms with Gasteiger partial charge in [-0.2, -0.15) is 0 Å². The molecule has 3 aromatic rings. The van der Waals surface area contributed by atoms with E-state index in [9.17, 15) is 4.79 Å². The van der Waals surface area contributed by atoms with Gasteiger partial charge >= 0.3 is 0 Å². The van der Waals surface area contributed by atoms with Crippen LogP contribution in [-0.2, 0) is 13.0 Å². The zero-order chi connectivity index (χ0) is 15.7. The molecule has 7 heteroatoms. The molecule has 0 bridgehead atoms. The number of aryl methyl sites for hydroxylation is 2. The molecule has 0 aliphatic carbocycles. The molecule has 3 heterocycles. The van der Waals surface area contributed by atoms with Gasteiger partial charge in [0.2, 0.25) is 0 Å². The van der Waals surface area contributed by atoms with Gasteiger partial charge in [-0.1, -0.05) is 0 Å². The van der Waals surface area contributed by atoms with Crippen LogP contribution < -0.4 is 5.56 Å². The van der Waals surface area contributed by atoms with Gasteiger partial charge < -0.3 is 4.90 Å². The quantitative estimate of drug-likeness (QED) is 0.779. The monoisotopic (exact) mass is 317 g/mol. The Labute approximate surface area is 132 Å². The van der Waals surface area contributed by atoms with Crippen LogP contribution >= 0.6 is 11.3 Å². The Morgan fingerprint density at radius 2 is 2.18 bits per heavy atom. The summed E-state index contributed by atoms with van der Waals surface area (Å²) in [6, 6.07) is 3.48. The van der Waals surface area contributed by atoms with Gasteiger partial charge in [0.25, 0.3) is 5.56 Å². The maximum atomic E-state index is 12.1. The Hall–Kier alpha value is -1.99. The molecule has 0 aliphatic rings. The largest absolute Gasteiger partial charge is 0.300 e. The summed E-state index contributed by atoms with van der Waals surface area (Å²) in [6.45, 7) is 5.53. The van der Waals surface area contributed by atoms with Crippen molar-refractivity contribution in [2.24, 2.45) is 0 Å². The molecule has 0 unspecified atom stereocenters. The third-order valence-electron chi connectivity index (χ3n) is 3.63. The van der Waals surface area contributed by atoms with Crippen LogP contribution in [0.3, 0.4) is 0 Å². The van der Waals surface area contributed by atoms with E-state index in [0.29, 0.717) is 12.2 Å². The summed E-state index contributed by atoms with van der Waals surface area (Å²) in [4.78, 5) is 24.4. The Kier molecular flexibility index (Phi) is 4.08. The summed E-state index contributed by atoms with van der Waals surface area (Å²) in [5, 5.41) is 2.98. The van der Waals surface area contributed by atoms with Crippen molar-refractivity contribution in [3.05, 3.63) is 50.0 Å². The van der Waals surface area contributed by atoms with E-state index in [4.69, 9.17) is 0 Å². The molecular weight excluding hydrogens is 298 g/mol. The van der Waals surface area contributed by atoms with E-state index in [1.54, 1.807) is 17.4 Å². The van der Waals surface area contributed by atoms with E-state index in [1.807, 2.05) is 32.5 Å². The molecule has 0 spiro atoms. The molecule has 0 atom stereocenters. The van der Waals surface area contributed by atoms with Gasteiger partial charge in [0, 0.05) is 35.8 Å². The maximum absolute atomic E-state index is 12.1. The molecular formula is C15H19N5OS. The van der Waals surface area contributed by atoms with Gasteiger partial charge in [-0.15, -0.1) is 11.3 Å². The highest BCUT2D eigenvalue weighted by Gasteiger charge is 2.08. The summed E-state index contributed by atoms with van der Waals surface area (Å²) >= 11 is 1.69. The van der Waals surface area contributed by atoms with Crippen molar-refractivity contribution in [1.29, 1.82) is 0 Å². The summed E-state index contributed by atoms with van der Waals surface area (Å²) in [6.07, 6.45) is 0.970. The average Bonchev–Trinajstić information content (AvgIpc) is 3.02. The normalized spacial score (nSPS) is 11.6. The van der Waals surface area contributed by atoms with Gasteiger partial charge in [0.05, 0.1) is 16.9 Å². The van der Waals surface area contributed by atoms with Crippen molar-refractivity contribution in [3.8, 4) is 0 Å². The van der Waals surface area contributed by atoms with E-state index in [1.165, 1.54) is 9.39 Å². The van der Waals surface area contributed by atoms with Crippen LogP contribution in [0, 0.1) is 13.8 Å². The van der Waals surface area contributed by atoms with E-state index < -0.39 is 0 Å². The lowest BCUT2D eigenvalue weighted by molar-refractivity contribution is 0.327. The van der Waals surface area contributed by atoms with E-state index in [0.717, 1.165) is 30.0 Å². The fourth-order valence-electron chi connectivity index (χ4n) is 2.46. The number of nitrogens with zero attached hydrogens (tertiary/aromatic N) is 4. The SMILES string of the molecule is Cc1cc2nc(CN(C)CCc3scnc3C)cc(=O)n2[nH]1. The summed E-state index contributed by atoms with van der Waals surface area (Å²) < 4.78 is 1.47. The summed E-state index contributed by atoms with van der Waals surface area (Å²) in [5.41, 5.74) is 5.32. The highest BCUT2D eigenvalue weighted by molar-refractivity contribution is 7.09. The Morgan fingerprint density at radius 1 is 1.36 bits per heavy atom. The molecule has 0 aliphatic heterocycles. The second-order valence-corrected chi connectivity index (χ2v) is 6.51. The first-order valence-corrected chi connectivity index (χ1v) is 8.06. The van der Waals surface area contributed by atoms with E-state index >= 15 is 0 Å². The van der Waals surface area contributed by atoms with E-state index in [-0.39, 0.29) is 5.56 Å². The first-order valence-electron chi connectivity index (χ1n) is 7.19. The second kappa shape index (κ2) is 6.02. The Bertz CT molecular complexity index is 847. The molecule has 6 nitrogen and oxygen atoms in total. The van der Waals surface area contributed by atoms with Crippen molar-refractivity contribution in [3.63, 3.8) is 0 Å². The van der Waals surface area contributed by atoms with Crippen LogP contribution in [0.2, 0.25) is 0 Å². The predicted octanol–water partition coefficient (Wildman–Crippen LogP) is 1.77. The minimum Gasteiger partial charge on any atom is -0.300 e. The fourth-order valence-corrected chi connectivity index (χ4v) is 3.23. The molecule has 0 aromatic carbocycles. The van der Waals surface area contributed by atoms with Crippen LogP contribution in [0.1, 0.15) is 22.0 Å². The van der Waals surface area contributed by atoms with E-state index in [2.05, 4.69) is 20.0 Å². The molecule has 0 fully saturated rings. The number of aromatic amines is 1. The summed E-state index contributed by atoms with van der Waals surface area (Å²) in [7, 11) is 2.04. The van der Waals surface area contributed by atoms with Crippen molar-refractivity contribution >= 4 is 17.0 Å². The van der Waals surface area contributed by atoms with Gasteiger partial charge in [-0.3, -0.25) is 9.89 Å². The highest BCUT2D eigenvalue weighted by atomic mass is 32.1. The molecule has 116 valence electrons. The minimum absolute atomic E-state index is 0.0696. The summed E-state index contributed by atoms with van der Waals surface area (Å²) in [5.74, 6) is 0. The molecule has 0 amide bonds. The first kappa shape index (κ1) is 14.9. The topological polar surface area (TPSA) is 66.3 Å². The Morgan fingerprint density at radius 3 is 2.91 bits per heavy atom. The zero-order valence-corrected chi connectivity index (χ0v) is 13.8. The molecule has 3 aromatic heterocycles. The third-order valence-corrected chi connectivity index (χ3v) is 4.62. The standard InChI is InChI=1S/C15H19N5OS/c1-10-6-14-17-12(7-15(21)20(14)18-10)8-19(3)5-4-13-11(2)16-9-22-13/h6-7,9,18H,4-5,8H2,1-3H3. The maximum Gasteiger partial charge on any atom is 0.272 e. The molecule has 0 radical (unpaired) electrons. The van der Waals surface area contributed by atoms with Gasteiger partial charge in [-0.25, -0.2) is 14.5 Å². The van der Waals surface area contributed by atoms with Gasteiger partial charge in [0.1, 0.15) is 0 Å². The van der Waals surface area contributed by atoms with Crippen LogP contribution in [0.4, 0.5) is 0 Å². The van der Waals surface area contributed by atoms with Crippen molar-refractivity contribution < 1.29 is 0 Å². The number of thiazole rings is 1. The molecule has 3 rings (SSSR count). The number of nitrogens with one attached hydrogen (secondary N) is 1. The lowest BCUT2D eigenvalue weighted by Gasteiger charge is -2.15. The molecule has 0 saturated carbocycles. The number of aromatic nitrogens is 4. The number of hydrogen-bond donors (Lipinski definition) is 1. The highest BCUT2D eigenvalue weighted by Crippen LogP contribution is 2.13. The first-order chi connectivity index (χ1) is 10.5. The fraction of sp³-hybridized carbons (Fsp3) is 0.400. The lowest BCUT2D eigenvalue weighted by atomic mass is 10.3. The molecule has 22 heavy (non-hydrogen) atoms. The van der Waals surface area contributed by atoms with Gasteiger partial charge in [0.15, 0.2) is 5.65 Å². The Balaban J connectivity index is 1.69. The van der Waals surface area contributed by atoms with Crippen molar-refractivity contribution in [2.45, 2.75) is 26.8 Å². The van der Waals surface area contributed by atoms with Crippen molar-refractivity contribution in [2.75, 3.05) is 13.6 Å². The number of likely N-dealkylation sites (N-methyl/N-ethyl adjacent to an activating group) is 1. The number of fused-ring (bicyclic) bond motifs is 1. The molecule has 0 saturated heterocycles. The lowest BCUT2D eigenvalue weighted by Crippen LogP contribution is -2.23. The molecule has 1 N–H and O–H groups in total. The zero-order valence-electron chi connectivity index (χ0n) is 13.0. The van der Waals surface area contributed by atoms with Crippen molar-refractivity contribution in [1.82, 2.24) is 24.5 Å². The predicted molar refractivity (Wildman–Crippen MR) is 87.4 cm³/mol. The number of H-pyrrole nitrogens is 1. The van der Waals surface area contributed by atoms with Crippen LogP contribution in [0.25, 0.3) is 5.65 Å². The second-order valence-electron chi connectivity index (χ2n) is 5.57. The minimum atomic E-state index is -0.0696. The van der Waals surface area contributed by atoms with Crippen LogP contribution in [-0.4, -0.2) is 38.1 Å². The van der Waals surface area contributed by atoms with Crippen LogP contribution in [0.15, 0.2) is 22.4 Å². The number of hydrogen-bond acceptors (Lipinski definition) is 5. The third kappa shape index (κ3) is 3.10.